The highest BCUT2D eigenvalue weighted by Gasteiger charge is 2.09. The van der Waals surface area contributed by atoms with E-state index in [0.29, 0.717) is 17.3 Å². The summed E-state index contributed by atoms with van der Waals surface area (Å²) < 4.78 is 5.39. The van der Waals surface area contributed by atoms with Crippen molar-refractivity contribution in [2.24, 2.45) is 0 Å². The van der Waals surface area contributed by atoms with Gasteiger partial charge in [-0.15, -0.1) is 5.10 Å². The minimum absolute atomic E-state index is 0.141. The number of amides is 1. The van der Waals surface area contributed by atoms with Crippen LogP contribution < -0.4 is 5.32 Å². The van der Waals surface area contributed by atoms with E-state index in [0.717, 1.165) is 11.1 Å². The van der Waals surface area contributed by atoms with Crippen LogP contribution in [0.2, 0.25) is 0 Å². The van der Waals surface area contributed by atoms with E-state index in [1.807, 2.05) is 31.2 Å². The quantitative estimate of drug-likeness (QED) is 0.545. The van der Waals surface area contributed by atoms with Gasteiger partial charge in [0.15, 0.2) is 17.4 Å². The molecule has 0 spiro atoms. The molecule has 3 rings (SSSR count). The Morgan fingerprint density at radius 2 is 1.96 bits per heavy atom. The fourth-order valence-corrected chi connectivity index (χ4v) is 2.24. The summed E-state index contributed by atoms with van der Waals surface area (Å²) in [5, 5.41) is 10.9. The molecule has 0 radical (unpaired) electrons. The molecule has 0 fully saturated rings. The lowest BCUT2D eigenvalue weighted by molar-refractivity contribution is -0.111. The van der Waals surface area contributed by atoms with E-state index in [-0.39, 0.29) is 18.2 Å². The van der Waals surface area contributed by atoms with Crippen LogP contribution in [0.15, 0.2) is 53.1 Å². The molecule has 0 atom stereocenters. The summed E-state index contributed by atoms with van der Waals surface area (Å²) in [6.45, 7) is 3.71. The molecule has 2 heterocycles. The second-order valence-electron chi connectivity index (χ2n) is 5.82. The Morgan fingerprint density at radius 1 is 1.19 bits per heavy atom. The van der Waals surface area contributed by atoms with Crippen LogP contribution in [0.3, 0.4) is 0 Å². The number of aromatic nitrogens is 3. The highest BCUT2D eigenvalue weighted by Crippen LogP contribution is 2.10. The maximum absolute atomic E-state index is 12.0. The lowest BCUT2D eigenvalue weighted by Gasteiger charge is -1.98. The van der Waals surface area contributed by atoms with E-state index in [1.54, 1.807) is 18.2 Å². The van der Waals surface area contributed by atoms with Crippen LogP contribution in [0.4, 0.5) is 5.82 Å². The molecule has 26 heavy (non-hydrogen) atoms. The summed E-state index contributed by atoms with van der Waals surface area (Å²) in [7, 11) is 0. The van der Waals surface area contributed by atoms with Gasteiger partial charge in [0.25, 0.3) is 0 Å². The van der Waals surface area contributed by atoms with Crippen molar-refractivity contribution in [1.29, 1.82) is 0 Å². The molecule has 3 aromatic rings. The number of aryl methyl sites for hydroxylation is 1. The highest BCUT2D eigenvalue weighted by molar-refractivity contribution is 6.01. The SMILES string of the molecule is CC(=O)c1ccc(Cn2ncc(NC(=O)/C=C\c3ccc(C)cc3)n2)o1. The van der Waals surface area contributed by atoms with Crippen LogP contribution in [0.5, 0.6) is 0 Å². The van der Waals surface area contributed by atoms with E-state index in [1.165, 1.54) is 24.0 Å². The topological polar surface area (TPSA) is 90.0 Å². The third-order valence-electron chi connectivity index (χ3n) is 3.60. The van der Waals surface area contributed by atoms with Gasteiger partial charge in [0, 0.05) is 13.0 Å². The number of ketones is 1. The Morgan fingerprint density at radius 3 is 2.65 bits per heavy atom. The fraction of sp³-hybridized carbons (Fsp3) is 0.158. The molecule has 0 bridgehead atoms. The van der Waals surface area contributed by atoms with Gasteiger partial charge in [-0.1, -0.05) is 29.8 Å². The van der Waals surface area contributed by atoms with Crippen LogP contribution in [-0.4, -0.2) is 26.7 Å². The second kappa shape index (κ2) is 7.60. The molecule has 7 nitrogen and oxygen atoms in total. The Kier molecular flexibility index (Phi) is 5.07. The summed E-state index contributed by atoms with van der Waals surface area (Å²) in [6, 6.07) is 11.1. The first-order valence-corrected chi connectivity index (χ1v) is 8.05. The van der Waals surface area contributed by atoms with Crippen molar-refractivity contribution >= 4 is 23.6 Å². The van der Waals surface area contributed by atoms with Crippen LogP contribution in [0.1, 0.15) is 34.4 Å². The molecule has 1 N–H and O–H groups in total. The van der Waals surface area contributed by atoms with Gasteiger partial charge in [0.2, 0.25) is 5.91 Å². The number of nitrogens with zero attached hydrogens (tertiary/aromatic N) is 3. The van der Waals surface area contributed by atoms with Gasteiger partial charge >= 0.3 is 0 Å². The summed E-state index contributed by atoms with van der Waals surface area (Å²) in [4.78, 5) is 24.6. The van der Waals surface area contributed by atoms with Crippen LogP contribution in [0, 0.1) is 6.92 Å². The molecule has 132 valence electrons. The van der Waals surface area contributed by atoms with E-state index in [4.69, 9.17) is 4.42 Å². The van der Waals surface area contributed by atoms with Crippen LogP contribution in [0.25, 0.3) is 6.08 Å². The van der Waals surface area contributed by atoms with E-state index in [9.17, 15) is 9.59 Å². The Balaban J connectivity index is 1.57. The first kappa shape index (κ1) is 17.3. The second-order valence-corrected chi connectivity index (χ2v) is 5.82. The zero-order chi connectivity index (χ0) is 18.5. The summed E-state index contributed by atoms with van der Waals surface area (Å²) in [5.41, 5.74) is 2.10. The maximum atomic E-state index is 12.0. The van der Waals surface area contributed by atoms with Crippen molar-refractivity contribution in [3.63, 3.8) is 0 Å². The molecule has 1 aromatic carbocycles. The average Bonchev–Trinajstić information content (AvgIpc) is 3.24. The summed E-state index contributed by atoms with van der Waals surface area (Å²) in [6.07, 6.45) is 4.62. The lowest BCUT2D eigenvalue weighted by Crippen LogP contribution is -2.09. The molecular weight excluding hydrogens is 332 g/mol. The van der Waals surface area contributed by atoms with E-state index in [2.05, 4.69) is 15.5 Å². The van der Waals surface area contributed by atoms with Crippen molar-refractivity contribution in [3.05, 3.63) is 71.3 Å². The average molecular weight is 350 g/mol. The Bertz CT molecular complexity index is 951. The zero-order valence-corrected chi connectivity index (χ0v) is 14.5. The first-order chi connectivity index (χ1) is 12.5. The van der Waals surface area contributed by atoms with Gasteiger partial charge in [-0.25, -0.2) is 0 Å². The lowest BCUT2D eigenvalue weighted by atomic mass is 10.1. The smallest absolute Gasteiger partial charge is 0.249 e. The summed E-state index contributed by atoms with van der Waals surface area (Å²) >= 11 is 0. The van der Waals surface area contributed by atoms with Gasteiger partial charge in [-0.05, 0) is 30.7 Å². The van der Waals surface area contributed by atoms with Crippen LogP contribution in [-0.2, 0) is 11.3 Å². The Hall–Kier alpha value is -3.48. The van der Waals surface area contributed by atoms with Crippen molar-refractivity contribution in [3.8, 4) is 0 Å². The number of hydrogen-bond acceptors (Lipinski definition) is 5. The van der Waals surface area contributed by atoms with Crippen molar-refractivity contribution in [2.45, 2.75) is 20.4 Å². The van der Waals surface area contributed by atoms with Crippen LogP contribution >= 0.6 is 0 Å². The molecule has 0 aliphatic rings. The molecule has 1 amide bonds. The number of anilines is 1. The molecule has 0 saturated heterocycles. The molecule has 0 aliphatic heterocycles. The number of benzene rings is 1. The minimum atomic E-state index is -0.297. The monoisotopic (exact) mass is 350 g/mol. The molecule has 7 heteroatoms. The van der Waals surface area contributed by atoms with Gasteiger partial charge in [-0.2, -0.15) is 9.90 Å². The normalized spacial score (nSPS) is 11.0. The molecular formula is C19H18N4O3. The van der Waals surface area contributed by atoms with Crippen molar-refractivity contribution in [2.75, 3.05) is 5.32 Å². The number of carbonyl (C=O) groups excluding carboxylic acids is 2. The number of Topliss-reactive ketones (excluding diaryl/α,β-unsaturated/α-hetero) is 1. The maximum Gasteiger partial charge on any atom is 0.249 e. The zero-order valence-electron chi connectivity index (χ0n) is 14.5. The standard InChI is InChI=1S/C19H18N4O3/c1-13-3-5-15(6-4-13)7-10-19(25)21-18-11-20-23(22-18)12-16-8-9-17(26-16)14(2)24/h3-11H,12H2,1-2H3,(H,21,22,25)/b10-7-. The molecule has 2 aromatic heterocycles. The molecule has 0 unspecified atom stereocenters. The number of carbonyl (C=O) groups is 2. The molecule has 0 saturated carbocycles. The number of rotatable bonds is 6. The van der Waals surface area contributed by atoms with E-state index < -0.39 is 0 Å². The number of hydrogen-bond donors (Lipinski definition) is 1. The highest BCUT2D eigenvalue weighted by atomic mass is 16.3. The summed E-state index contributed by atoms with van der Waals surface area (Å²) in [5.74, 6) is 0.749. The van der Waals surface area contributed by atoms with Gasteiger partial charge in [0.1, 0.15) is 12.3 Å². The van der Waals surface area contributed by atoms with E-state index >= 15 is 0 Å². The predicted molar refractivity (Wildman–Crippen MR) is 96.7 cm³/mol. The molecule has 0 aliphatic carbocycles. The number of nitrogens with one attached hydrogen (secondary N) is 1. The van der Waals surface area contributed by atoms with Crippen molar-refractivity contribution in [1.82, 2.24) is 15.0 Å². The largest absolute Gasteiger partial charge is 0.456 e. The minimum Gasteiger partial charge on any atom is -0.456 e. The first-order valence-electron chi connectivity index (χ1n) is 8.05. The predicted octanol–water partition coefficient (Wildman–Crippen LogP) is 3.08. The number of furan rings is 1. The van der Waals surface area contributed by atoms with Crippen molar-refractivity contribution < 1.29 is 14.0 Å². The fourth-order valence-electron chi connectivity index (χ4n) is 2.24. The Labute approximate surface area is 150 Å². The van der Waals surface area contributed by atoms with Gasteiger partial charge in [-0.3, -0.25) is 9.59 Å². The third kappa shape index (κ3) is 4.54. The van der Waals surface area contributed by atoms with Gasteiger partial charge in [0.05, 0.1) is 6.20 Å². The van der Waals surface area contributed by atoms with Gasteiger partial charge < -0.3 is 9.73 Å². The third-order valence-corrected chi connectivity index (χ3v) is 3.60.